The minimum Gasteiger partial charge on any atom is -0.493 e. The summed E-state index contributed by atoms with van der Waals surface area (Å²) in [6.07, 6.45) is 0.182. The zero-order valence-electron chi connectivity index (χ0n) is 24.9. The van der Waals surface area contributed by atoms with Crippen LogP contribution in [0.3, 0.4) is 0 Å². The first kappa shape index (κ1) is 33.6. The van der Waals surface area contributed by atoms with Gasteiger partial charge in [0, 0.05) is 26.1 Å². The molecule has 4 rings (SSSR count). The fourth-order valence-electron chi connectivity index (χ4n) is 4.78. The number of hydrogen-bond donors (Lipinski definition) is 1. The fourth-order valence-corrected chi connectivity index (χ4v) is 6.53. The van der Waals surface area contributed by atoms with E-state index in [1.54, 1.807) is 48.5 Å². The van der Waals surface area contributed by atoms with Crippen LogP contribution in [0.2, 0.25) is 10.0 Å². The van der Waals surface area contributed by atoms with Crippen molar-refractivity contribution in [2.24, 2.45) is 0 Å². The van der Waals surface area contributed by atoms with Crippen LogP contribution in [0.15, 0.2) is 102 Å². The predicted octanol–water partition coefficient (Wildman–Crippen LogP) is 5.59. The van der Waals surface area contributed by atoms with Crippen LogP contribution in [0.4, 0.5) is 5.69 Å². The van der Waals surface area contributed by atoms with Crippen molar-refractivity contribution < 1.29 is 27.5 Å². The van der Waals surface area contributed by atoms with E-state index in [1.807, 2.05) is 30.3 Å². The average Bonchev–Trinajstić information content (AvgIpc) is 3.06. The standard InChI is InChI=1S/C33H33Cl2N3O6S/c1-36-33(40)29(19-23-10-6-4-7-11-23)37(21-24-14-16-27(34)28(35)18-24)32(39)22-38(25-12-8-5-9-13-25)45(41,42)26-15-17-30(43-2)31(20-26)44-3/h4-18,20,29H,19,21-22H2,1-3H3,(H,36,40). The molecule has 12 heteroatoms. The lowest BCUT2D eigenvalue weighted by Gasteiger charge is -2.33. The van der Waals surface area contributed by atoms with Gasteiger partial charge in [-0.3, -0.25) is 13.9 Å². The van der Waals surface area contributed by atoms with Crippen LogP contribution in [0.1, 0.15) is 11.1 Å². The number of sulfonamides is 1. The number of anilines is 1. The number of ether oxygens (including phenoxy) is 2. The summed E-state index contributed by atoms with van der Waals surface area (Å²) in [5.41, 5.74) is 1.68. The van der Waals surface area contributed by atoms with Gasteiger partial charge in [-0.25, -0.2) is 8.42 Å². The molecule has 0 spiro atoms. The van der Waals surface area contributed by atoms with Crippen LogP contribution in [0, 0.1) is 0 Å². The summed E-state index contributed by atoms with van der Waals surface area (Å²) in [5.74, 6) is -0.470. The molecule has 1 N–H and O–H groups in total. The van der Waals surface area contributed by atoms with E-state index >= 15 is 0 Å². The monoisotopic (exact) mass is 669 g/mol. The highest BCUT2D eigenvalue weighted by Gasteiger charge is 2.34. The number of likely N-dealkylation sites (N-methyl/N-ethyl adjacent to an activating group) is 1. The number of para-hydroxylation sites is 1. The Labute approximate surface area is 273 Å². The summed E-state index contributed by atoms with van der Waals surface area (Å²) in [5, 5.41) is 3.27. The van der Waals surface area contributed by atoms with Gasteiger partial charge in [-0.1, -0.05) is 77.8 Å². The van der Waals surface area contributed by atoms with E-state index in [-0.39, 0.29) is 34.3 Å². The van der Waals surface area contributed by atoms with Gasteiger partial charge in [0.1, 0.15) is 12.6 Å². The maximum atomic E-state index is 14.4. The molecule has 0 aliphatic heterocycles. The second kappa shape index (κ2) is 15.2. The van der Waals surface area contributed by atoms with E-state index < -0.39 is 34.4 Å². The van der Waals surface area contributed by atoms with Crippen LogP contribution in [-0.4, -0.2) is 59.0 Å². The lowest BCUT2D eigenvalue weighted by atomic mass is 10.0. The molecule has 0 aromatic heterocycles. The number of nitrogens with zero attached hydrogens (tertiary/aromatic N) is 2. The maximum Gasteiger partial charge on any atom is 0.264 e. The topological polar surface area (TPSA) is 105 Å². The van der Waals surface area contributed by atoms with Crippen molar-refractivity contribution in [3.8, 4) is 11.5 Å². The Kier molecular flexibility index (Phi) is 11.3. The Morgan fingerprint density at radius 2 is 1.44 bits per heavy atom. The first-order valence-corrected chi connectivity index (χ1v) is 16.1. The van der Waals surface area contributed by atoms with Crippen molar-refractivity contribution in [2.45, 2.75) is 23.9 Å². The number of nitrogens with one attached hydrogen (secondary N) is 1. The molecule has 2 amide bonds. The van der Waals surface area contributed by atoms with Crippen molar-refractivity contribution >= 4 is 50.7 Å². The highest BCUT2D eigenvalue weighted by molar-refractivity contribution is 7.92. The highest BCUT2D eigenvalue weighted by atomic mass is 35.5. The van der Waals surface area contributed by atoms with Gasteiger partial charge in [0.2, 0.25) is 11.8 Å². The number of benzene rings is 4. The summed E-state index contributed by atoms with van der Waals surface area (Å²) < 4.78 is 40.0. The van der Waals surface area contributed by atoms with Gasteiger partial charge >= 0.3 is 0 Å². The zero-order chi connectivity index (χ0) is 32.6. The van der Waals surface area contributed by atoms with Crippen molar-refractivity contribution in [3.63, 3.8) is 0 Å². The smallest absolute Gasteiger partial charge is 0.264 e. The molecule has 0 heterocycles. The van der Waals surface area contributed by atoms with E-state index in [1.165, 1.54) is 44.4 Å². The Bertz CT molecular complexity index is 1740. The Morgan fingerprint density at radius 1 is 0.800 bits per heavy atom. The van der Waals surface area contributed by atoms with E-state index in [2.05, 4.69) is 5.32 Å². The normalized spacial score (nSPS) is 11.8. The van der Waals surface area contributed by atoms with Crippen molar-refractivity contribution in [1.29, 1.82) is 0 Å². The number of halogens is 2. The molecular weight excluding hydrogens is 637 g/mol. The molecule has 0 aliphatic rings. The molecule has 0 fully saturated rings. The van der Waals surface area contributed by atoms with Crippen molar-refractivity contribution in [1.82, 2.24) is 10.2 Å². The zero-order valence-corrected chi connectivity index (χ0v) is 27.3. The van der Waals surface area contributed by atoms with Gasteiger partial charge < -0.3 is 19.7 Å². The van der Waals surface area contributed by atoms with Gasteiger partial charge in [-0.05, 0) is 47.5 Å². The van der Waals surface area contributed by atoms with Gasteiger partial charge in [-0.15, -0.1) is 0 Å². The molecule has 0 saturated carbocycles. The molecule has 0 saturated heterocycles. The Hall–Kier alpha value is -4.25. The van der Waals surface area contributed by atoms with Crippen LogP contribution < -0.4 is 19.1 Å². The third kappa shape index (κ3) is 8.08. The van der Waals surface area contributed by atoms with Crippen LogP contribution >= 0.6 is 23.2 Å². The molecule has 9 nitrogen and oxygen atoms in total. The van der Waals surface area contributed by atoms with Crippen molar-refractivity contribution in [2.75, 3.05) is 32.1 Å². The predicted molar refractivity (Wildman–Crippen MR) is 176 cm³/mol. The quantitative estimate of drug-likeness (QED) is 0.199. The minimum atomic E-state index is -4.32. The van der Waals surface area contributed by atoms with Gasteiger partial charge in [-0.2, -0.15) is 0 Å². The second-order valence-corrected chi connectivity index (χ2v) is 12.6. The Morgan fingerprint density at radius 3 is 2.04 bits per heavy atom. The van der Waals surface area contributed by atoms with E-state index in [0.29, 0.717) is 16.3 Å². The lowest BCUT2D eigenvalue weighted by Crippen LogP contribution is -2.53. The summed E-state index contributed by atoms with van der Waals surface area (Å²) >= 11 is 12.4. The van der Waals surface area contributed by atoms with E-state index in [4.69, 9.17) is 32.7 Å². The number of hydrogen-bond acceptors (Lipinski definition) is 6. The van der Waals surface area contributed by atoms with Crippen LogP contribution in [-0.2, 0) is 32.6 Å². The number of carbonyl (C=O) groups is 2. The number of amides is 2. The fraction of sp³-hybridized carbons (Fsp3) is 0.212. The summed E-state index contributed by atoms with van der Waals surface area (Å²) in [6.45, 7) is -0.649. The third-order valence-corrected chi connectivity index (χ3v) is 9.63. The summed E-state index contributed by atoms with van der Waals surface area (Å²) in [6, 6.07) is 25.7. The molecule has 236 valence electrons. The molecule has 1 atom stereocenters. The third-order valence-electron chi connectivity index (χ3n) is 7.12. The molecule has 4 aromatic carbocycles. The molecule has 0 aliphatic carbocycles. The average molecular weight is 671 g/mol. The molecule has 45 heavy (non-hydrogen) atoms. The largest absolute Gasteiger partial charge is 0.493 e. The van der Waals surface area contributed by atoms with Gasteiger partial charge in [0.15, 0.2) is 11.5 Å². The summed E-state index contributed by atoms with van der Waals surface area (Å²) in [7, 11) is 0.00959. The highest BCUT2D eigenvalue weighted by Crippen LogP contribution is 2.32. The summed E-state index contributed by atoms with van der Waals surface area (Å²) in [4.78, 5) is 29.0. The number of rotatable bonds is 13. The van der Waals surface area contributed by atoms with E-state index in [0.717, 1.165) is 9.87 Å². The van der Waals surface area contributed by atoms with Crippen molar-refractivity contribution in [3.05, 3.63) is 118 Å². The first-order valence-electron chi connectivity index (χ1n) is 13.9. The molecule has 0 bridgehead atoms. The number of methoxy groups -OCH3 is 2. The first-order chi connectivity index (χ1) is 21.6. The SMILES string of the molecule is CNC(=O)C(Cc1ccccc1)N(Cc1ccc(Cl)c(Cl)c1)C(=O)CN(c1ccccc1)S(=O)(=O)c1ccc(OC)c(OC)c1. The van der Waals surface area contributed by atoms with Crippen LogP contribution in [0.5, 0.6) is 11.5 Å². The van der Waals surface area contributed by atoms with Gasteiger partial charge in [0.05, 0.1) is 34.8 Å². The molecule has 4 aromatic rings. The molecular formula is C33H33Cl2N3O6S. The minimum absolute atomic E-state index is 0.0420. The second-order valence-electron chi connectivity index (χ2n) is 9.95. The van der Waals surface area contributed by atoms with Gasteiger partial charge in [0.25, 0.3) is 10.0 Å². The lowest BCUT2D eigenvalue weighted by molar-refractivity contribution is -0.139. The Balaban J connectivity index is 1.80. The molecule has 1 unspecified atom stereocenters. The van der Waals surface area contributed by atoms with Crippen LogP contribution in [0.25, 0.3) is 0 Å². The number of carbonyl (C=O) groups excluding carboxylic acids is 2. The molecule has 0 radical (unpaired) electrons. The van der Waals surface area contributed by atoms with E-state index in [9.17, 15) is 18.0 Å². The maximum absolute atomic E-state index is 14.4.